The minimum atomic E-state index is -3.39. The molecule has 0 unspecified atom stereocenters. The fourth-order valence-electron chi connectivity index (χ4n) is 2.73. The third-order valence-corrected chi connectivity index (χ3v) is 6.44. The van der Waals surface area contributed by atoms with E-state index in [1.54, 1.807) is 17.0 Å². The van der Waals surface area contributed by atoms with Gasteiger partial charge in [-0.15, -0.1) is 0 Å². The van der Waals surface area contributed by atoms with Crippen molar-refractivity contribution in [1.29, 1.82) is 0 Å². The molecule has 28 heavy (non-hydrogen) atoms. The average molecular weight is 418 g/mol. The Morgan fingerprint density at radius 2 is 1.86 bits per heavy atom. The molecule has 1 amide bonds. The van der Waals surface area contributed by atoms with Gasteiger partial charge < -0.3 is 4.90 Å². The van der Waals surface area contributed by atoms with E-state index >= 15 is 0 Å². The maximum absolute atomic E-state index is 13.3. The van der Waals surface area contributed by atoms with E-state index < -0.39 is 9.84 Å². The molecule has 0 atom stereocenters. The summed E-state index contributed by atoms with van der Waals surface area (Å²) >= 11 is 1.46. The molecular weight excluding hydrogens is 394 g/mol. The second kappa shape index (κ2) is 7.98. The van der Waals surface area contributed by atoms with Gasteiger partial charge in [0.2, 0.25) is 0 Å². The summed E-state index contributed by atoms with van der Waals surface area (Å²) in [7, 11) is 0.486. The molecule has 0 bridgehead atoms. The number of thiazole rings is 1. The molecule has 6 nitrogen and oxygen atoms in total. The molecule has 0 aliphatic carbocycles. The predicted octanol–water partition coefficient (Wildman–Crippen LogP) is 3.22. The van der Waals surface area contributed by atoms with Crippen molar-refractivity contribution in [2.75, 3.05) is 38.3 Å². The molecule has 8 heteroatoms. The number of carbonyl (C=O) groups excluding carboxylic acids is 1. The van der Waals surface area contributed by atoms with Gasteiger partial charge in [0.1, 0.15) is 0 Å². The number of anilines is 1. The first-order valence-electron chi connectivity index (χ1n) is 8.79. The number of hydrogen-bond donors (Lipinski definition) is 0. The average Bonchev–Trinajstić information content (AvgIpc) is 3.03. The SMILES string of the molecule is Cc1ccc2nc(N(CCN(C)C)C(=O)c3cccc(S(C)(=O)=O)c3)sc2c1. The van der Waals surface area contributed by atoms with Gasteiger partial charge in [-0.3, -0.25) is 9.69 Å². The first-order chi connectivity index (χ1) is 13.1. The summed E-state index contributed by atoms with van der Waals surface area (Å²) in [4.78, 5) is 21.6. The van der Waals surface area contributed by atoms with E-state index in [4.69, 9.17) is 0 Å². The fraction of sp³-hybridized carbons (Fsp3) is 0.300. The molecule has 0 radical (unpaired) electrons. The second-order valence-electron chi connectivity index (χ2n) is 7.03. The largest absolute Gasteiger partial charge is 0.308 e. The van der Waals surface area contributed by atoms with E-state index in [-0.39, 0.29) is 10.8 Å². The highest BCUT2D eigenvalue weighted by Gasteiger charge is 2.22. The number of amides is 1. The molecule has 1 aromatic heterocycles. The van der Waals surface area contributed by atoms with Gasteiger partial charge in [0.25, 0.3) is 5.91 Å². The topological polar surface area (TPSA) is 70.6 Å². The lowest BCUT2D eigenvalue weighted by molar-refractivity contribution is 0.0985. The van der Waals surface area contributed by atoms with Crippen LogP contribution in [0.2, 0.25) is 0 Å². The van der Waals surface area contributed by atoms with Gasteiger partial charge in [-0.05, 0) is 56.9 Å². The molecule has 0 spiro atoms. The van der Waals surface area contributed by atoms with Crippen LogP contribution in [0.25, 0.3) is 10.2 Å². The zero-order valence-electron chi connectivity index (χ0n) is 16.3. The lowest BCUT2D eigenvalue weighted by Gasteiger charge is -2.22. The number of aryl methyl sites for hydroxylation is 1. The summed E-state index contributed by atoms with van der Waals surface area (Å²) in [6, 6.07) is 12.1. The number of likely N-dealkylation sites (N-methyl/N-ethyl adjacent to an activating group) is 1. The van der Waals surface area contributed by atoms with Crippen molar-refractivity contribution in [3.8, 4) is 0 Å². The Morgan fingerprint density at radius 3 is 2.54 bits per heavy atom. The van der Waals surface area contributed by atoms with E-state index in [0.717, 1.165) is 22.0 Å². The van der Waals surface area contributed by atoms with Crippen LogP contribution in [0.5, 0.6) is 0 Å². The zero-order valence-corrected chi connectivity index (χ0v) is 18.0. The van der Waals surface area contributed by atoms with Gasteiger partial charge in [-0.25, -0.2) is 13.4 Å². The number of aromatic nitrogens is 1. The smallest absolute Gasteiger partial charge is 0.260 e. The number of carbonyl (C=O) groups is 1. The minimum absolute atomic E-state index is 0.130. The van der Waals surface area contributed by atoms with Crippen LogP contribution in [0.4, 0.5) is 5.13 Å². The summed E-state index contributed by atoms with van der Waals surface area (Å²) in [5.41, 5.74) is 2.31. The van der Waals surface area contributed by atoms with Gasteiger partial charge in [0.05, 0.1) is 15.1 Å². The Kier molecular flexibility index (Phi) is 5.83. The molecular formula is C20H23N3O3S2. The molecule has 0 aliphatic heterocycles. The first kappa shape index (κ1) is 20.4. The maximum Gasteiger partial charge on any atom is 0.260 e. The summed E-state index contributed by atoms with van der Waals surface area (Å²) in [6.45, 7) is 3.13. The van der Waals surface area contributed by atoms with E-state index in [1.165, 1.54) is 23.5 Å². The van der Waals surface area contributed by atoms with Crippen LogP contribution in [-0.2, 0) is 9.84 Å². The summed E-state index contributed by atoms with van der Waals surface area (Å²) < 4.78 is 24.8. The summed E-state index contributed by atoms with van der Waals surface area (Å²) in [5, 5.41) is 0.609. The number of sulfone groups is 1. The van der Waals surface area contributed by atoms with Crippen LogP contribution in [0.1, 0.15) is 15.9 Å². The number of fused-ring (bicyclic) bond motifs is 1. The van der Waals surface area contributed by atoms with Crippen molar-refractivity contribution in [3.05, 3.63) is 53.6 Å². The highest BCUT2D eigenvalue weighted by molar-refractivity contribution is 7.90. The second-order valence-corrected chi connectivity index (χ2v) is 10.1. The molecule has 0 saturated carbocycles. The van der Waals surface area contributed by atoms with Gasteiger partial charge in [0, 0.05) is 24.9 Å². The third-order valence-electron chi connectivity index (χ3n) is 4.29. The molecule has 0 N–H and O–H groups in total. The molecule has 3 aromatic rings. The monoisotopic (exact) mass is 417 g/mol. The third kappa shape index (κ3) is 4.57. The molecule has 0 fully saturated rings. The van der Waals surface area contributed by atoms with Gasteiger partial charge in [0.15, 0.2) is 15.0 Å². The number of rotatable bonds is 6. The fourth-order valence-corrected chi connectivity index (χ4v) is 4.49. The number of benzene rings is 2. The number of hydrogen-bond acceptors (Lipinski definition) is 6. The number of nitrogens with zero attached hydrogens (tertiary/aromatic N) is 3. The molecule has 0 saturated heterocycles. The zero-order chi connectivity index (χ0) is 20.5. The van der Waals surface area contributed by atoms with Crippen molar-refractivity contribution in [3.63, 3.8) is 0 Å². The lowest BCUT2D eigenvalue weighted by Crippen LogP contribution is -2.36. The van der Waals surface area contributed by atoms with E-state index in [2.05, 4.69) is 11.1 Å². The minimum Gasteiger partial charge on any atom is -0.308 e. The van der Waals surface area contributed by atoms with Crippen LogP contribution in [-0.4, -0.2) is 57.6 Å². The van der Waals surface area contributed by atoms with Crippen LogP contribution in [0, 0.1) is 6.92 Å². The van der Waals surface area contributed by atoms with Gasteiger partial charge in [-0.2, -0.15) is 0 Å². The summed E-state index contributed by atoms with van der Waals surface area (Å²) in [5.74, 6) is -0.261. The van der Waals surface area contributed by atoms with Crippen molar-refractivity contribution in [2.24, 2.45) is 0 Å². The Bertz CT molecular complexity index is 1120. The van der Waals surface area contributed by atoms with Crippen molar-refractivity contribution >= 4 is 42.4 Å². The molecule has 1 heterocycles. The Labute approximate surface area is 169 Å². The molecule has 148 valence electrons. The van der Waals surface area contributed by atoms with Crippen molar-refractivity contribution in [1.82, 2.24) is 9.88 Å². The van der Waals surface area contributed by atoms with E-state index in [1.807, 2.05) is 38.1 Å². The molecule has 3 rings (SSSR count). The molecule has 0 aliphatic rings. The van der Waals surface area contributed by atoms with Gasteiger partial charge in [-0.1, -0.05) is 23.5 Å². The van der Waals surface area contributed by atoms with Crippen molar-refractivity contribution < 1.29 is 13.2 Å². The van der Waals surface area contributed by atoms with E-state index in [9.17, 15) is 13.2 Å². The van der Waals surface area contributed by atoms with Crippen LogP contribution in [0.15, 0.2) is 47.4 Å². The Morgan fingerprint density at radius 1 is 1.11 bits per heavy atom. The Hall–Kier alpha value is -2.29. The predicted molar refractivity (Wildman–Crippen MR) is 114 cm³/mol. The quantitative estimate of drug-likeness (QED) is 0.616. The maximum atomic E-state index is 13.3. The van der Waals surface area contributed by atoms with Crippen LogP contribution >= 0.6 is 11.3 Å². The standard InChI is InChI=1S/C20H23N3O3S2/c1-14-8-9-17-18(12-14)27-20(21-17)23(11-10-22(2)3)19(24)15-6-5-7-16(13-15)28(4,25)26/h5-9,12-13H,10-11H2,1-4H3. The highest BCUT2D eigenvalue weighted by Crippen LogP contribution is 2.30. The van der Waals surface area contributed by atoms with Crippen LogP contribution in [0.3, 0.4) is 0 Å². The highest BCUT2D eigenvalue weighted by atomic mass is 32.2. The summed E-state index contributed by atoms with van der Waals surface area (Å²) in [6.07, 6.45) is 1.14. The van der Waals surface area contributed by atoms with Crippen LogP contribution < -0.4 is 4.90 Å². The molecule has 2 aromatic carbocycles. The first-order valence-corrected chi connectivity index (χ1v) is 11.5. The normalized spacial score (nSPS) is 11.9. The Balaban J connectivity index is 2.02. The van der Waals surface area contributed by atoms with Gasteiger partial charge >= 0.3 is 0 Å². The van der Waals surface area contributed by atoms with E-state index in [0.29, 0.717) is 23.8 Å². The van der Waals surface area contributed by atoms with Crippen molar-refractivity contribution in [2.45, 2.75) is 11.8 Å². The lowest BCUT2D eigenvalue weighted by atomic mass is 10.2.